The normalized spacial score (nSPS) is 20.4. The summed E-state index contributed by atoms with van der Waals surface area (Å²) in [7, 11) is 2.13. The maximum absolute atomic E-state index is 12.4. The molecule has 2 heterocycles. The zero-order valence-electron chi connectivity index (χ0n) is 17.4. The molecule has 0 radical (unpaired) electrons. The van der Waals surface area contributed by atoms with Gasteiger partial charge in [0.15, 0.2) is 0 Å². The fourth-order valence-electron chi connectivity index (χ4n) is 4.16. The van der Waals surface area contributed by atoms with Crippen LogP contribution in [0.4, 0.5) is 5.69 Å². The Labute approximate surface area is 177 Å². The predicted molar refractivity (Wildman–Crippen MR) is 117 cm³/mol. The van der Waals surface area contributed by atoms with Gasteiger partial charge in [-0.2, -0.15) is 0 Å². The molecule has 0 saturated carbocycles. The molecule has 2 aliphatic heterocycles. The van der Waals surface area contributed by atoms with E-state index in [0.29, 0.717) is 18.7 Å². The number of rotatable bonds is 6. The number of ether oxygens (including phenoxy) is 1. The lowest BCUT2D eigenvalue weighted by Gasteiger charge is -2.29. The molecule has 1 atom stereocenters. The van der Waals surface area contributed by atoms with Crippen molar-refractivity contribution in [2.24, 2.45) is 0 Å². The molecule has 30 heavy (non-hydrogen) atoms. The molecule has 4 rings (SSSR count). The van der Waals surface area contributed by atoms with Gasteiger partial charge in [0.2, 0.25) is 11.8 Å². The number of benzene rings is 2. The number of piperidine rings is 1. The number of nitrogens with zero attached hydrogens (tertiary/aromatic N) is 2. The number of likely N-dealkylation sites (tertiary alicyclic amines) is 2. The van der Waals surface area contributed by atoms with Crippen molar-refractivity contribution >= 4 is 17.5 Å². The van der Waals surface area contributed by atoms with Gasteiger partial charge in [0, 0.05) is 37.7 Å². The van der Waals surface area contributed by atoms with Crippen molar-refractivity contribution in [2.75, 3.05) is 38.5 Å². The van der Waals surface area contributed by atoms with Crippen LogP contribution in [0.5, 0.6) is 5.75 Å². The van der Waals surface area contributed by atoms with Gasteiger partial charge < -0.3 is 19.9 Å². The smallest absolute Gasteiger partial charge is 0.243 e. The molecule has 6 heteroatoms. The zero-order chi connectivity index (χ0) is 20.9. The van der Waals surface area contributed by atoms with Crippen LogP contribution in [0.3, 0.4) is 0 Å². The first kappa shape index (κ1) is 20.4. The standard InChI is InChI=1S/C24H29N3O3/c1-26-13-11-22(12-14-26)30-21-9-7-20(8-10-21)25-23(28)17-27-16-19(15-24(27)29)18-5-3-2-4-6-18/h2-10,19,22H,11-17H2,1H3,(H,25,28). The van der Waals surface area contributed by atoms with E-state index in [4.69, 9.17) is 4.74 Å². The molecule has 2 amide bonds. The molecule has 0 aromatic heterocycles. The maximum atomic E-state index is 12.4. The van der Waals surface area contributed by atoms with Crippen molar-refractivity contribution in [1.29, 1.82) is 0 Å². The summed E-state index contributed by atoms with van der Waals surface area (Å²) in [5.41, 5.74) is 1.86. The maximum Gasteiger partial charge on any atom is 0.243 e. The van der Waals surface area contributed by atoms with Gasteiger partial charge in [0.05, 0.1) is 6.54 Å². The van der Waals surface area contributed by atoms with Gasteiger partial charge >= 0.3 is 0 Å². The molecule has 2 aromatic carbocycles. The highest BCUT2D eigenvalue weighted by Gasteiger charge is 2.31. The van der Waals surface area contributed by atoms with Gasteiger partial charge in [-0.15, -0.1) is 0 Å². The van der Waals surface area contributed by atoms with E-state index in [1.807, 2.05) is 54.6 Å². The lowest BCUT2D eigenvalue weighted by Crippen LogP contribution is -2.35. The summed E-state index contributed by atoms with van der Waals surface area (Å²) in [5.74, 6) is 0.826. The molecule has 158 valence electrons. The van der Waals surface area contributed by atoms with Crippen molar-refractivity contribution < 1.29 is 14.3 Å². The first-order valence-corrected chi connectivity index (χ1v) is 10.6. The second-order valence-corrected chi connectivity index (χ2v) is 8.28. The largest absolute Gasteiger partial charge is 0.490 e. The Kier molecular flexibility index (Phi) is 6.33. The minimum absolute atomic E-state index is 0.0286. The quantitative estimate of drug-likeness (QED) is 0.799. The van der Waals surface area contributed by atoms with Crippen LogP contribution in [0, 0.1) is 0 Å². The second kappa shape index (κ2) is 9.30. The van der Waals surface area contributed by atoms with Gasteiger partial charge in [-0.05, 0) is 49.7 Å². The molecule has 0 bridgehead atoms. The van der Waals surface area contributed by atoms with E-state index < -0.39 is 0 Å². The number of nitrogens with one attached hydrogen (secondary N) is 1. The minimum atomic E-state index is -0.180. The number of carbonyl (C=O) groups is 2. The average molecular weight is 408 g/mol. The lowest BCUT2D eigenvalue weighted by atomic mass is 9.99. The van der Waals surface area contributed by atoms with Crippen LogP contribution in [0.2, 0.25) is 0 Å². The number of amides is 2. The van der Waals surface area contributed by atoms with Crippen LogP contribution < -0.4 is 10.1 Å². The first-order valence-electron chi connectivity index (χ1n) is 10.6. The summed E-state index contributed by atoms with van der Waals surface area (Å²) >= 11 is 0. The second-order valence-electron chi connectivity index (χ2n) is 8.28. The van der Waals surface area contributed by atoms with Crippen molar-refractivity contribution in [3.8, 4) is 5.75 Å². The summed E-state index contributed by atoms with van der Waals surface area (Å²) in [4.78, 5) is 28.7. The fraction of sp³-hybridized carbons (Fsp3) is 0.417. The average Bonchev–Trinajstić information content (AvgIpc) is 3.12. The summed E-state index contributed by atoms with van der Waals surface area (Å²) in [5, 5.41) is 2.89. The number of hydrogen-bond acceptors (Lipinski definition) is 4. The molecule has 2 aliphatic rings. The lowest BCUT2D eigenvalue weighted by molar-refractivity contribution is -0.131. The Hall–Kier alpha value is -2.86. The molecule has 0 spiro atoms. The molecule has 2 aromatic rings. The third-order valence-electron chi connectivity index (χ3n) is 5.93. The first-order chi connectivity index (χ1) is 14.6. The number of anilines is 1. The van der Waals surface area contributed by atoms with E-state index in [0.717, 1.165) is 37.2 Å². The van der Waals surface area contributed by atoms with Crippen LogP contribution in [0.15, 0.2) is 54.6 Å². The summed E-state index contributed by atoms with van der Waals surface area (Å²) in [6, 6.07) is 17.5. The van der Waals surface area contributed by atoms with Crippen LogP contribution in [0.25, 0.3) is 0 Å². The number of carbonyl (C=O) groups excluding carboxylic acids is 2. The van der Waals surface area contributed by atoms with E-state index in [1.54, 1.807) is 4.90 Å². The molecule has 1 N–H and O–H groups in total. The number of hydrogen-bond donors (Lipinski definition) is 1. The summed E-state index contributed by atoms with van der Waals surface area (Å²) in [6.07, 6.45) is 2.77. The molecule has 0 aliphatic carbocycles. The third-order valence-corrected chi connectivity index (χ3v) is 5.93. The fourth-order valence-corrected chi connectivity index (χ4v) is 4.16. The Bertz CT molecular complexity index is 861. The van der Waals surface area contributed by atoms with E-state index in [-0.39, 0.29) is 30.4 Å². The molecule has 2 fully saturated rings. The van der Waals surface area contributed by atoms with Crippen LogP contribution in [0.1, 0.15) is 30.7 Å². The highest BCUT2D eigenvalue weighted by Crippen LogP contribution is 2.28. The van der Waals surface area contributed by atoms with Gasteiger partial charge in [-0.25, -0.2) is 0 Å². The summed E-state index contributed by atoms with van der Waals surface area (Å²) < 4.78 is 6.05. The van der Waals surface area contributed by atoms with E-state index >= 15 is 0 Å². The van der Waals surface area contributed by atoms with Gasteiger partial charge in [-0.3, -0.25) is 9.59 Å². The van der Waals surface area contributed by atoms with Crippen LogP contribution in [-0.4, -0.2) is 60.9 Å². The monoisotopic (exact) mass is 407 g/mol. The molecule has 1 unspecified atom stereocenters. The molecule has 6 nitrogen and oxygen atoms in total. The van der Waals surface area contributed by atoms with E-state index in [9.17, 15) is 9.59 Å². The Morgan fingerprint density at radius 3 is 2.47 bits per heavy atom. The Balaban J connectivity index is 1.26. The van der Waals surface area contributed by atoms with Crippen LogP contribution >= 0.6 is 0 Å². The van der Waals surface area contributed by atoms with Crippen molar-refractivity contribution in [2.45, 2.75) is 31.3 Å². The Morgan fingerprint density at radius 1 is 1.07 bits per heavy atom. The highest BCUT2D eigenvalue weighted by molar-refractivity contribution is 5.95. The SMILES string of the molecule is CN1CCC(Oc2ccc(NC(=O)CN3CC(c4ccccc4)CC3=O)cc2)CC1. The highest BCUT2D eigenvalue weighted by atomic mass is 16.5. The third kappa shape index (κ3) is 5.19. The predicted octanol–water partition coefficient (Wildman–Crippen LogP) is 3.11. The molecular weight excluding hydrogens is 378 g/mol. The van der Waals surface area contributed by atoms with Crippen LogP contribution in [-0.2, 0) is 9.59 Å². The molecule has 2 saturated heterocycles. The van der Waals surface area contributed by atoms with Crippen molar-refractivity contribution in [3.63, 3.8) is 0 Å². The van der Waals surface area contributed by atoms with Gasteiger partial charge in [0.1, 0.15) is 11.9 Å². The van der Waals surface area contributed by atoms with Crippen molar-refractivity contribution in [3.05, 3.63) is 60.2 Å². The van der Waals surface area contributed by atoms with E-state index in [2.05, 4.69) is 17.3 Å². The molecular formula is C24H29N3O3. The zero-order valence-corrected chi connectivity index (χ0v) is 17.4. The summed E-state index contributed by atoms with van der Waals surface area (Å²) in [6.45, 7) is 2.77. The minimum Gasteiger partial charge on any atom is -0.490 e. The van der Waals surface area contributed by atoms with Gasteiger partial charge in [-0.1, -0.05) is 30.3 Å². The van der Waals surface area contributed by atoms with E-state index in [1.165, 1.54) is 0 Å². The van der Waals surface area contributed by atoms with Gasteiger partial charge in [0.25, 0.3) is 0 Å². The van der Waals surface area contributed by atoms with Crippen molar-refractivity contribution in [1.82, 2.24) is 9.80 Å². The topological polar surface area (TPSA) is 61.9 Å². The Morgan fingerprint density at radius 2 is 1.77 bits per heavy atom.